The van der Waals surface area contributed by atoms with Crippen LogP contribution in [0.4, 0.5) is 0 Å². The molecule has 1 unspecified atom stereocenters. The molecule has 1 aromatic heterocycles. The molecule has 0 saturated carbocycles. The van der Waals surface area contributed by atoms with Gasteiger partial charge in [-0.25, -0.2) is 8.42 Å². The van der Waals surface area contributed by atoms with Crippen molar-refractivity contribution in [1.29, 1.82) is 0 Å². The van der Waals surface area contributed by atoms with Crippen LogP contribution in [0.25, 0.3) is 0 Å². The van der Waals surface area contributed by atoms with Crippen LogP contribution in [0.3, 0.4) is 0 Å². The van der Waals surface area contributed by atoms with E-state index in [2.05, 4.69) is 21.5 Å². The Morgan fingerprint density at radius 1 is 1.35 bits per heavy atom. The summed E-state index contributed by atoms with van der Waals surface area (Å²) in [6.07, 6.45) is 5.41. The van der Waals surface area contributed by atoms with Crippen molar-refractivity contribution < 1.29 is 17.7 Å². The normalized spacial score (nSPS) is 17.9. The molecule has 8 nitrogen and oxygen atoms in total. The standard InChI is InChI=1S/C22H30Cl2N4O4S2/c1-5-10-32-20-12-19(24)18(23)11-17(20)21(27-33(29)22(2,3)4)15-6-8-28(9-7-15)34(30,31)16-13-25-26-14-16/h5,11-15,21,27H,1,6-10H2,2-4H3,(H,25,26)/t21-,33?/m1/s1. The third kappa shape index (κ3) is 6.29. The summed E-state index contributed by atoms with van der Waals surface area (Å²) >= 11 is 11.2. The van der Waals surface area contributed by atoms with Gasteiger partial charge in [-0.1, -0.05) is 35.9 Å². The van der Waals surface area contributed by atoms with Crippen molar-refractivity contribution in [3.8, 4) is 5.75 Å². The summed E-state index contributed by atoms with van der Waals surface area (Å²) in [5.74, 6) is 0.497. The summed E-state index contributed by atoms with van der Waals surface area (Å²) in [7, 11) is -3.63. The van der Waals surface area contributed by atoms with Crippen LogP contribution >= 0.6 is 23.2 Å². The number of nitrogens with zero attached hydrogens (tertiary/aromatic N) is 2. The first-order valence-electron chi connectivity index (χ1n) is 10.8. The zero-order valence-corrected chi connectivity index (χ0v) is 22.5. The molecule has 2 N–H and O–H groups in total. The van der Waals surface area contributed by atoms with Crippen LogP contribution in [-0.4, -0.2) is 51.9 Å². The van der Waals surface area contributed by atoms with Crippen LogP contribution in [0.1, 0.15) is 45.2 Å². The number of H-pyrrole nitrogens is 1. The molecule has 1 saturated heterocycles. The Labute approximate surface area is 214 Å². The number of aromatic amines is 1. The van der Waals surface area contributed by atoms with Crippen molar-refractivity contribution >= 4 is 44.6 Å². The van der Waals surface area contributed by atoms with Gasteiger partial charge in [-0.3, -0.25) is 5.10 Å². The van der Waals surface area contributed by atoms with E-state index in [1.165, 1.54) is 16.7 Å². The Morgan fingerprint density at radius 3 is 2.56 bits per heavy atom. The Balaban J connectivity index is 1.91. The lowest BCUT2D eigenvalue weighted by atomic mass is 9.86. The summed E-state index contributed by atoms with van der Waals surface area (Å²) in [6.45, 7) is 10.3. The number of hydrogen-bond donors (Lipinski definition) is 2. The molecule has 0 spiro atoms. The quantitative estimate of drug-likeness (QED) is 0.353. The number of benzene rings is 1. The molecule has 0 bridgehead atoms. The van der Waals surface area contributed by atoms with E-state index in [1.807, 2.05) is 20.8 Å². The first kappa shape index (κ1) is 27.3. The molecule has 0 amide bonds. The van der Waals surface area contributed by atoms with Gasteiger partial charge in [0.25, 0.3) is 0 Å². The van der Waals surface area contributed by atoms with Crippen molar-refractivity contribution in [2.75, 3.05) is 19.7 Å². The van der Waals surface area contributed by atoms with Crippen molar-refractivity contribution in [2.24, 2.45) is 5.92 Å². The summed E-state index contributed by atoms with van der Waals surface area (Å²) in [5, 5.41) is 7.01. The van der Waals surface area contributed by atoms with Gasteiger partial charge in [-0.05, 0) is 45.6 Å². The lowest BCUT2D eigenvalue weighted by Crippen LogP contribution is -2.46. The molecule has 1 fully saturated rings. The number of nitrogens with one attached hydrogen (secondary N) is 2. The zero-order chi connectivity index (χ0) is 25.1. The summed E-state index contributed by atoms with van der Waals surface area (Å²) in [6, 6.07) is 2.98. The fraction of sp³-hybridized carbons (Fsp3) is 0.500. The van der Waals surface area contributed by atoms with Gasteiger partial charge < -0.3 is 9.29 Å². The number of sulfonamides is 1. The molecule has 1 aliphatic heterocycles. The molecular formula is C22H30Cl2N4O4S2. The molecule has 0 radical (unpaired) electrons. The van der Waals surface area contributed by atoms with Crippen LogP contribution in [0.15, 0.2) is 42.1 Å². The second kappa shape index (κ2) is 11.2. The number of halogens is 2. The molecule has 188 valence electrons. The Bertz CT molecular complexity index is 1080. The molecule has 3 rings (SSSR count). The topological polar surface area (TPSA) is 110 Å². The van der Waals surface area contributed by atoms with Gasteiger partial charge in [0.2, 0.25) is 10.0 Å². The first-order valence-corrected chi connectivity index (χ1v) is 14.2. The number of rotatable bonds is 9. The maximum absolute atomic E-state index is 13.1. The molecule has 1 aliphatic rings. The van der Waals surface area contributed by atoms with Crippen molar-refractivity contribution in [1.82, 2.24) is 19.2 Å². The lowest BCUT2D eigenvalue weighted by Gasteiger charge is -2.37. The number of ether oxygens (including phenoxy) is 1. The minimum absolute atomic E-state index is 0.0228. The maximum Gasteiger partial charge on any atom is 0.246 e. The van der Waals surface area contributed by atoms with Gasteiger partial charge in [-0.15, -0.1) is 4.72 Å². The summed E-state index contributed by atoms with van der Waals surface area (Å²) in [5.41, 5.74) is 0.727. The largest absolute Gasteiger partial charge is 0.598 e. The van der Waals surface area contributed by atoms with E-state index in [-0.39, 0.29) is 17.4 Å². The predicted molar refractivity (Wildman–Crippen MR) is 136 cm³/mol. The fourth-order valence-corrected chi connectivity index (χ4v) is 6.35. The van der Waals surface area contributed by atoms with Gasteiger partial charge in [0.15, 0.2) is 0 Å². The highest BCUT2D eigenvalue weighted by molar-refractivity contribution is 7.90. The molecular weight excluding hydrogens is 519 g/mol. The number of hydrogen-bond acceptors (Lipinski definition) is 6. The molecule has 0 aliphatic carbocycles. The van der Waals surface area contributed by atoms with Gasteiger partial charge in [0, 0.05) is 42.3 Å². The highest BCUT2D eigenvalue weighted by Crippen LogP contribution is 2.41. The summed E-state index contributed by atoms with van der Waals surface area (Å²) in [4.78, 5) is 0.138. The van der Waals surface area contributed by atoms with Gasteiger partial charge in [0.05, 0.1) is 22.3 Å². The van der Waals surface area contributed by atoms with Gasteiger partial charge in [0.1, 0.15) is 22.0 Å². The van der Waals surface area contributed by atoms with Gasteiger partial charge in [-0.2, -0.15) is 9.40 Å². The van der Waals surface area contributed by atoms with Crippen molar-refractivity contribution in [3.05, 3.63) is 52.8 Å². The minimum atomic E-state index is -3.63. The highest BCUT2D eigenvalue weighted by Gasteiger charge is 2.39. The fourth-order valence-electron chi connectivity index (χ4n) is 3.75. The zero-order valence-electron chi connectivity index (χ0n) is 19.4. The molecule has 12 heteroatoms. The second-order valence-electron chi connectivity index (χ2n) is 9.06. The van der Waals surface area contributed by atoms with Crippen LogP contribution in [-0.2, 0) is 21.4 Å². The molecule has 2 heterocycles. The SMILES string of the molecule is C=CCOc1cc(Cl)c(Cl)cc1[C@H](N[S+]([O-])C(C)(C)C)C1CCN(S(=O)(=O)c2cn[nH]c2)CC1. The van der Waals surface area contributed by atoms with Crippen molar-refractivity contribution in [2.45, 2.75) is 49.3 Å². The van der Waals surface area contributed by atoms with E-state index in [0.29, 0.717) is 41.7 Å². The van der Waals surface area contributed by atoms with Crippen LogP contribution in [0.2, 0.25) is 10.0 Å². The smallest absolute Gasteiger partial charge is 0.246 e. The molecule has 34 heavy (non-hydrogen) atoms. The molecule has 1 aromatic carbocycles. The Morgan fingerprint density at radius 2 is 2.00 bits per heavy atom. The highest BCUT2D eigenvalue weighted by atomic mass is 35.5. The van der Waals surface area contributed by atoms with E-state index in [4.69, 9.17) is 27.9 Å². The molecule has 2 atom stereocenters. The monoisotopic (exact) mass is 548 g/mol. The lowest BCUT2D eigenvalue weighted by molar-refractivity contribution is 0.233. The average molecular weight is 550 g/mol. The maximum atomic E-state index is 13.1. The van der Waals surface area contributed by atoms with E-state index < -0.39 is 32.2 Å². The Hall–Kier alpha value is -1.27. The third-order valence-electron chi connectivity index (χ3n) is 5.62. The van der Waals surface area contributed by atoms with Crippen LogP contribution < -0.4 is 9.46 Å². The van der Waals surface area contributed by atoms with Crippen molar-refractivity contribution in [3.63, 3.8) is 0 Å². The second-order valence-corrected chi connectivity index (χ2v) is 13.8. The van der Waals surface area contributed by atoms with E-state index in [9.17, 15) is 13.0 Å². The summed E-state index contributed by atoms with van der Waals surface area (Å²) < 4.78 is 49.0. The average Bonchev–Trinajstić information content (AvgIpc) is 3.33. The molecule has 2 aromatic rings. The van der Waals surface area contributed by atoms with Gasteiger partial charge >= 0.3 is 0 Å². The van der Waals surface area contributed by atoms with E-state index >= 15 is 0 Å². The minimum Gasteiger partial charge on any atom is -0.598 e. The number of piperidine rings is 1. The predicted octanol–water partition coefficient (Wildman–Crippen LogP) is 4.48. The number of aromatic nitrogens is 2. The van der Waals surface area contributed by atoms with Crippen LogP contribution in [0.5, 0.6) is 5.75 Å². The third-order valence-corrected chi connectivity index (χ3v) is 9.78. The van der Waals surface area contributed by atoms with Crippen LogP contribution in [0, 0.1) is 5.92 Å². The first-order chi connectivity index (χ1) is 15.9. The van der Waals surface area contributed by atoms with E-state index in [1.54, 1.807) is 18.2 Å². The van der Waals surface area contributed by atoms with E-state index in [0.717, 1.165) is 5.56 Å². The Kier molecular flexibility index (Phi) is 9.00.